The highest BCUT2D eigenvalue weighted by Gasteiger charge is 2.11. The molecule has 0 aliphatic carbocycles. The molecule has 0 saturated carbocycles. The molecule has 2 aromatic rings. The Balaban J connectivity index is 1.42. The van der Waals surface area contributed by atoms with Gasteiger partial charge < -0.3 is 5.32 Å². The van der Waals surface area contributed by atoms with Crippen molar-refractivity contribution in [2.45, 2.75) is 45.6 Å². The number of amides is 1. The molecule has 3 heteroatoms. The van der Waals surface area contributed by atoms with Gasteiger partial charge in [-0.3, -0.25) is 9.69 Å². The number of hydrogen-bond donors (Lipinski definition) is 1. The highest BCUT2D eigenvalue weighted by atomic mass is 16.1. The molecule has 0 radical (unpaired) electrons. The Bertz CT molecular complexity index is 756. The van der Waals surface area contributed by atoms with Crippen molar-refractivity contribution in [1.29, 1.82) is 0 Å². The molecule has 1 aliphatic heterocycles. The number of likely N-dealkylation sites (tertiary alicyclic amines) is 1. The van der Waals surface area contributed by atoms with Gasteiger partial charge >= 0.3 is 0 Å². The van der Waals surface area contributed by atoms with Crippen molar-refractivity contribution < 1.29 is 4.79 Å². The van der Waals surface area contributed by atoms with Crippen LogP contribution in [0.4, 0.5) is 0 Å². The van der Waals surface area contributed by atoms with Gasteiger partial charge in [-0.05, 0) is 67.6 Å². The summed E-state index contributed by atoms with van der Waals surface area (Å²) in [6, 6.07) is 16.6. The maximum absolute atomic E-state index is 12.3. The van der Waals surface area contributed by atoms with Gasteiger partial charge in [-0.25, -0.2) is 0 Å². The van der Waals surface area contributed by atoms with E-state index in [0.717, 1.165) is 31.4 Å². The topological polar surface area (TPSA) is 32.3 Å². The second-order valence-corrected chi connectivity index (χ2v) is 7.62. The Morgan fingerprint density at radius 3 is 2.36 bits per heavy atom. The van der Waals surface area contributed by atoms with E-state index in [2.05, 4.69) is 53.6 Å². The third-order valence-corrected chi connectivity index (χ3v) is 5.27. The predicted molar refractivity (Wildman–Crippen MR) is 117 cm³/mol. The second kappa shape index (κ2) is 10.8. The zero-order valence-electron chi connectivity index (χ0n) is 17.0. The van der Waals surface area contributed by atoms with Crippen molar-refractivity contribution in [2.24, 2.45) is 0 Å². The number of rotatable bonds is 9. The van der Waals surface area contributed by atoms with Crippen molar-refractivity contribution in [3.8, 4) is 0 Å². The number of nitrogens with one attached hydrogen (secondary N) is 1. The lowest BCUT2D eigenvalue weighted by Crippen LogP contribution is -2.25. The standard InChI is InChI=1S/C25H32N2O/c1-2-3-4-7-21-12-14-24(15-13-21)25(28)26-17-16-22-8-10-23(11-9-22)20-27-18-5-6-19-27/h4,7-15H,2-3,5-6,16-20H2,1H3,(H,26,28). The molecule has 3 rings (SSSR count). The summed E-state index contributed by atoms with van der Waals surface area (Å²) in [5, 5.41) is 3.03. The molecule has 1 amide bonds. The highest BCUT2D eigenvalue weighted by molar-refractivity contribution is 5.94. The van der Waals surface area contributed by atoms with Crippen LogP contribution in [0.25, 0.3) is 6.08 Å². The van der Waals surface area contributed by atoms with E-state index in [1.807, 2.05) is 24.3 Å². The summed E-state index contributed by atoms with van der Waals surface area (Å²) in [4.78, 5) is 14.8. The van der Waals surface area contributed by atoms with Crippen LogP contribution in [0.1, 0.15) is 59.7 Å². The van der Waals surface area contributed by atoms with Crippen LogP contribution in [0.2, 0.25) is 0 Å². The summed E-state index contributed by atoms with van der Waals surface area (Å²) < 4.78 is 0. The van der Waals surface area contributed by atoms with Crippen molar-refractivity contribution in [3.63, 3.8) is 0 Å². The van der Waals surface area contributed by atoms with E-state index in [9.17, 15) is 4.79 Å². The molecule has 0 aromatic heterocycles. The smallest absolute Gasteiger partial charge is 0.251 e. The van der Waals surface area contributed by atoms with Gasteiger partial charge in [0.2, 0.25) is 0 Å². The average Bonchev–Trinajstić information content (AvgIpc) is 3.23. The Labute approximate surface area is 169 Å². The molecule has 1 saturated heterocycles. The van der Waals surface area contributed by atoms with Gasteiger partial charge in [-0.1, -0.05) is 61.9 Å². The van der Waals surface area contributed by atoms with E-state index in [-0.39, 0.29) is 5.91 Å². The molecule has 28 heavy (non-hydrogen) atoms. The van der Waals surface area contributed by atoms with Crippen LogP contribution < -0.4 is 5.32 Å². The van der Waals surface area contributed by atoms with Gasteiger partial charge in [-0.2, -0.15) is 0 Å². The number of unbranched alkanes of at least 4 members (excludes halogenated alkanes) is 1. The van der Waals surface area contributed by atoms with Gasteiger partial charge in [0.25, 0.3) is 5.91 Å². The SMILES string of the molecule is CCCC=Cc1ccc(C(=O)NCCc2ccc(CN3CCCC3)cc2)cc1. The highest BCUT2D eigenvalue weighted by Crippen LogP contribution is 2.13. The monoisotopic (exact) mass is 376 g/mol. The molecule has 0 unspecified atom stereocenters. The molecule has 0 atom stereocenters. The Morgan fingerprint density at radius 2 is 1.68 bits per heavy atom. The summed E-state index contributed by atoms with van der Waals surface area (Å²) in [6.45, 7) is 6.33. The third kappa shape index (κ3) is 6.35. The summed E-state index contributed by atoms with van der Waals surface area (Å²) in [5.74, 6) is -0.00487. The van der Waals surface area contributed by atoms with Crippen LogP contribution in [-0.4, -0.2) is 30.4 Å². The molecular weight excluding hydrogens is 344 g/mol. The number of benzene rings is 2. The number of carbonyl (C=O) groups is 1. The van der Waals surface area contributed by atoms with Crippen LogP contribution in [0.3, 0.4) is 0 Å². The van der Waals surface area contributed by atoms with E-state index in [1.54, 1.807) is 0 Å². The van der Waals surface area contributed by atoms with Crippen LogP contribution >= 0.6 is 0 Å². The first-order valence-corrected chi connectivity index (χ1v) is 10.6. The molecule has 1 N–H and O–H groups in total. The number of carbonyl (C=O) groups excluding carboxylic acids is 1. The van der Waals surface area contributed by atoms with E-state index in [0.29, 0.717) is 12.1 Å². The number of nitrogens with zero attached hydrogens (tertiary/aromatic N) is 1. The normalized spacial score (nSPS) is 14.6. The lowest BCUT2D eigenvalue weighted by atomic mass is 10.1. The third-order valence-electron chi connectivity index (χ3n) is 5.27. The number of hydrogen-bond acceptors (Lipinski definition) is 2. The molecule has 1 fully saturated rings. The second-order valence-electron chi connectivity index (χ2n) is 7.62. The summed E-state index contributed by atoms with van der Waals surface area (Å²) in [6.07, 6.45) is 10.0. The predicted octanol–water partition coefficient (Wildman–Crippen LogP) is 5.07. The van der Waals surface area contributed by atoms with Crippen molar-refractivity contribution >= 4 is 12.0 Å². The Hall–Kier alpha value is -2.39. The minimum Gasteiger partial charge on any atom is -0.352 e. The quantitative estimate of drug-likeness (QED) is 0.663. The zero-order valence-corrected chi connectivity index (χ0v) is 17.0. The first-order chi connectivity index (χ1) is 13.7. The van der Waals surface area contributed by atoms with Crippen LogP contribution in [0.15, 0.2) is 54.6 Å². The van der Waals surface area contributed by atoms with Crippen molar-refractivity contribution in [3.05, 3.63) is 76.9 Å². The lowest BCUT2D eigenvalue weighted by molar-refractivity contribution is 0.0954. The zero-order chi connectivity index (χ0) is 19.6. The van der Waals surface area contributed by atoms with Crippen molar-refractivity contribution in [2.75, 3.05) is 19.6 Å². The van der Waals surface area contributed by atoms with Crippen LogP contribution in [0.5, 0.6) is 0 Å². The van der Waals surface area contributed by atoms with E-state index < -0.39 is 0 Å². The molecular formula is C25H32N2O. The van der Waals surface area contributed by atoms with Gasteiger partial charge in [0.05, 0.1) is 0 Å². The minimum absolute atomic E-state index is 0.00487. The van der Waals surface area contributed by atoms with Crippen molar-refractivity contribution in [1.82, 2.24) is 10.2 Å². The largest absolute Gasteiger partial charge is 0.352 e. The molecule has 1 aliphatic rings. The molecule has 0 bridgehead atoms. The van der Waals surface area contributed by atoms with E-state index in [1.165, 1.54) is 37.1 Å². The molecule has 0 spiro atoms. The summed E-state index contributed by atoms with van der Waals surface area (Å²) in [7, 11) is 0. The molecule has 148 valence electrons. The Kier molecular flexibility index (Phi) is 7.86. The van der Waals surface area contributed by atoms with Gasteiger partial charge in [0.1, 0.15) is 0 Å². The van der Waals surface area contributed by atoms with Gasteiger partial charge in [0, 0.05) is 18.7 Å². The Morgan fingerprint density at radius 1 is 1.00 bits per heavy atom. The lowest BCUT2D eigenvalue weighted by Gasteiger charge is -2.14. The van der Waals surface area contributed by atoms with Crippen LogP contribution in [-0.2, 0) is 13.0 Å². The maximum Gasteiger partial charge on any atom is 0.251 e. The maximum atomic E-state index is 12.3. The molecule has 1 heterocycles. The fourth-order valence-electron chi connectivity index (χ4n) is 3.56. The van der Waals surface area contributed by atoms with E-state index in [4.69, 9.17) is 0 Å². The first-order valence-electron chi connectivity index (χ1n) is 10.6. The first kappa shape index (κ1) is 20.3. The average molecular weight is 377 g/mol. The van der Waals surface area contributed by atoms with Gasteiger partial charge in [-0.15, -0.1) is 0 Å². The summed E-state index contributed by atoms with van der Waals surface area (Å²) in [5.41, 5.74) is 4.50. The van der Waals surface area contributed by atoms with E-state index >= 15 is 0 Å². The van der Waals surface area contributed by atoms with Gasteiger partial charge in [0.15, 0.2) is 0 Å². The number of allylic oxidation sites excluding steroid dienone is 1. The fourth-order valence-corrected chi connectivity index (χ4v) is 3.56. The summed E-state index contributed by atoms with van der Waals surface area (Å²) >= 11 is 0. The minimum atomic E-state index is -0.00487. The molecule has 3 nitrogen and oxygen atoms in total. The van der Waals surface area contributed by atoms with Crippen LogP contribution in [0, 0.1) is 0 Å². The molecule has 2 aromatic carbocycles. The fraction of sp³-hybridized carbons (Fsp3) is 0.400.